The minimum Gasteiger partial charge on any atom is -0.508 e. The van der Waals surface area contributed by atoms with Gasteiger partial charge in [-0.2, -0.15) is 0 Å². The summed E-state index contributed by atoms with van der Waals surface area (Å²) in [5.74, 6) is 2.04. The molecule has 3 rings (SSSR count). The molecule has 0 radical (unpaired) electrons. The van der Waals surface area contributed by atoms with Crippen molar-refractivity contribution in [1.29, 1.82) is 0 Å². The van der Waals surface area contributed by atoms with E-state index in [1.807, 2.05) is 18.3 Å². The van der Waals surface area contributed by atoms with Crippen molar-refractivity contribution in [3.8, 4) is 17.0 Å². The number of nitrogens with zero attached hydrogens (tertiary/aromatic N) is 1. The highest BCUT2D eigenvalue weighted by molar-refractivity contribution is 5.59. The predicted molar refractivity (Wildman–Crippen MR) is 65.8 cm³/mol. The van der Waals surface area contributed by atoms with E-state index >= 15 is 0 Å². The molecular formula is C13H15N3O. The van der Waals surface area contributed by atoms with Crippen LogP contribution in [-0.2, 0) is 6.42 Å². The fourth-order valence-electron chi connectivity index (χ4n) is 2.02. The Hall–Kier alpha value is -1.81. The van der Waals surface area contributed by atoms with Gasteiger partial charge in [0.25, 0.3) is 0 Å². The Morgan fingerprint density at radius 3 is 2.65 bits per heavy atom. The Morgan fingerprint density at radius 1 is 1.24 bits per heavy atom. The number of phenols is 1. The van der Waals surface area contributed by atoms with Gasteiger partial charge in [0.1, 0.15) is 11.6 Å². The van der Waals surface area contributed by atoms with Crippen molar-refractivity contribution >= 4 is 0 Å². The maximum atomic E-state index is 9.23. The maximum absolute atomic E-state index is 9.23. The Balaban J connectivity index is 1.76. The zero-order valence-electron chi connectivity index (χ0n) is 9.48. The average Bonchev–Trinajstić information content (AvgIpc) is 2.73. The van der Waals surface area contributed by atoms with Crippen LogP contribution in [0.3, 0.4) is 0 Å². The number of H-pyrrole nitrogens is 1. The Morgan fingerprint density at radius 2 is 2.00 bits per heavy atom. The van der Waals surface area contributed by atoms with Crippen LogP contribution in [0.25, 0.3) is 11.3 Å². The van der Waals surface area contributed by atoms with E-state index in [9.17, 15) is 5.11 Å². The Kier molecular flexibility index (Phi) is 2.57. The van der Waals surface area contributed by atoms with Gasteiger partial charge in [0, 0.05) is 6.42 Å². The van der Waals surface area contributed by atoms with Crippen molar-refractivity contribution in [3.63, 3.8) is 0 Å². The van der Waals surface area contributed by atoms with Gasteiger partial charge in [-0.15, -0.1) is 0 Å². The van der Waals surface area contributed by atoms with Crippen LogP contribution >= 0.6 is 0 Å². The standard InChI is InChI=1S/C13H15N3O/c17-11-3-1-10(2-4-11)12-8-15-13(16-12)5-9-6-14-7-9/h1-4,8-9,14,17H,5-7H2,(H,15,16). The number of aromatic hydroxyl groups is 1. The van der Waals surface area contributed by atoms with Crippen LogP contribution in [0.15, 0.2) is 30.5 Å². The van der Waals surface area contributed by atoms with Gasteiger partial charge in [-0.05, 0) is 48.8 Å². The van der Waals surface area contributed by atoms with Crippen LogP contribution in [-0.4, -0.2) is 28.2 Å². The molecule has 2 aromatic rings. The van der Waals surface area contributed by atoms with E-state index in [4.69, 9.17) is 0 Å². The van der Waals surface area contributed by atoms with E-state index in [0.717, 1.165) is 36.6 Å². The normalized spacial score (nSPS) is 15.8. The summed E-state index contributed by atoms with van der Waals surface area (Å²) < 4.78 is 0. The van der Waals surface area contributed by atoms with Crippen molar-refractivity contribution < 1.29 is 5.11 Å². The molecule has 1 aliphatic rings. The van der Waals surface area contributed by atoms with E-state index in [-0.39, 0.29) is 5.75 Å². The fourth-order valence-corrected chi connectivity index (χ4v) is 2.02. The third-order valence-electron chi connectivity index (χ3n) is 3.15. The third kappa shape index (κ3) is 2.17. The third-order valence-corrected chi connectivity index (χ3v) is 3.15. The smallest absolute Gasteiger partial charge is 0.115 e. The molecule has 17 heavy (non-hydrogen) atoms. The lowest BCUT2D eigenvalue weighted by molar-refractivity contribution is 0.342. The number of imidazole rings is 1. The molecule has 4 nitrogen and oxygen atoms in total. The van der Waals surface area contributed by atoms with E-state index < -0.39 is 0 Å². The van der Waals surface area contributed by atoms with Crippen molar-refractivity contribution in [2.45, 2.75) is 6.42 Å². The van der Waals surface area contributed by atoms with E-state index in [1.54, 1.807) is 12.1 Å². The number of hydrogen-bond acceptors (Lipinski definition) is 3. The molecule has 4 heteroatoms. The minimum absolute atomic E-state index is 0.286. The zero-order chi connectivity index (χ0) is 11.7. The molecule has 0 saturated carbocycles. The molecule has 1 saturated heterocycles. The maximum Gasteiger partial charge on any atom is 0.115 e. The molecular weight excluding hydrogens is 214 g/mol. The summed E-state index contributed by atoms with van der Waals surface area (Å²) in [6, 6.07) is 7.15. The molecule has 88 valence electrons. The summed E-state index contributed by atoms with van der Waals surface area (Å²) in [4.78, 5) is 7.72. The van der Waals surface area contributed by atoms with Crippen LogP contribution in [0.5, 0.6) is 5.75 Å². The van der Waals surface area contributed by atoms with Crippen LogP contribution < -0.4 is 5.32 Å². The number of nitrogens with one attached hydrogen (secondary N) is 2. The van der Waals surface area contributed by atoms with Crippen LogP contribution in [0.4, 0.5) is 0 Å². The first-order valence-electron chi connectivity index (χ1n) is 5.85. The molecule has 1 aromatic carbocycles. The molecule has 1 fully saturated rings. The number of hydrogen-bond donors (Lipinski definition) is 3. The van der Waals surface area contributed by atoms with Crippen molar-refractivity contribution in [2.24, 2.45) is 5.92 Å². The molecule has 2 heterocycles. The second-order valence-electron chi connectivity index (χ2n) is 4.52. The summed E-state index contributed by atoms with van der Waals surface area (Å²) in [5.41, 5.74) is 2.06. The molecule has 3 N–H and O–H groups in total. The second kappa shape index (κ2) is 4.22. The van der Waals surface area contributed by atoms with Crippen molar-refractivity contribution in [3.05, 3.63) is 36.3 Å². The number of phenolic OH excluding ortho intramolecular Hbond substituents is 1. The van der Waals surface area contributed by atoms with Gasteiger partial charge in [0.2, 0.25) is 0 Å². The highest BCUT2D eigenvalue weighted by Gasteiger charge is 2.18. The van der Waals surface area contributed by atoms with Crippen LogP contribution in [0.1, 0.15) is 5.82 Å². The lowest BCUT2D eigenvalue weighted by atomic mass is 9.99. The number of aromatic amines is 1. The molecule has 1 aliphatic heterocycles. The van der Waals surface area contributed by atoms with Gasteiger partial charge in [0.15, 0.2) is 0 Å². The number of benzene rings is 1. The van der Waals surface area contributed by atoms with Crippen LogP contribution in [0.2, 0.25) is 0 Å². The van der Waals surface area contributed by atoms with Gasteiger partial charge < -0.3 is 15.4 Å². The molecule has 0 aliphatic carbocycles. The SMILES string of the molecule is Oc1ccc(-c2cnc(CC3CNC3)[nH]2)cc1. The number of aromatic nitrogens is 2. The summed E-state index contributed by atoms with van der Waals surface area (Å²) in [6.07, 6.45) is 2.86. The molecule has 0 atom stereocenters. The van der Waals surface area contributed by atoms with E-state index in [2.05, 4.69) is 15.3 Å². The largest absolute Gasteiger partial charge is 0.508 e. The van der Waals surface area contributed by atoms with Gasteiger partial charge in [-0.3, -0.25) is 0 Å². The first-order chi connectivity index (χ1) is 8.31. The van der Waals surface area contributed by atoms with Crippen molar-refractivity contribution in [2.75, 3.05) is 13.1 Å². The second-order valence-corrected chi connectivity index (χ2v) is 4.52. The molecule has 0 bridgehead atoms. The lowest BCUT2D eigenvalue weighted by Gasteiger charge is -2.25. The fraction of sp³-hybridized carbons (Fsp3) is 0.308. The van der Waals surface area contributed by atoms with Gasteiger partial charge >= 0.3 is 0 Å². The predicted octanol–water partition coefficient (Wildman–Crippen LogP) is 1.54. The Bertz CT molecular complexity index is 500. The average molecular weight is 229 g/mol. The molecule has 0 amide bonds. The minimum atomic E-state index is 0.286. The quantitative estimate of drug-likeness (QED) is 0.748. The molecule has 0 unspecified atom stereocenters. The highest BCUT2D eigenvalue weighted by Crippen LogP contribution is 2.21. The summed E-state index contributed by atoms with van der Waals surface area (Å²) in [7, 11) is 0. The zero-order valence-corrected chi connectivity index (χ0v) is 9.48. The summed E-state index contributed by atoms with van der Waals surface area (Å²) >= 11 is 0. The van der Waals surface area contributed by atoms with Gasteiger partial charge in [0.05, 0.1) is 11.9 Å². The van der Waals surface area contributed by atoms with Gasteiger partial charge in [-0.25, -0.2) is 4.98 Å². The first-order valence-corrected chi connectivity index (χ1v) is 5.85. The summed E-state index contributed by atoms with van der Waals surface area (Å²) in [6.45, 7) is 2.19. The highest BCUT2D eigenvalue weighted by atomic mass is 16.3. The molecule has 0 spiro atoms. The van der Waals surface area contributed by atoms with Crippen molar-refractivity contribution in [1.82, 2.24) is 15.3 Å². The van der Waals surface area contributed by atoms with Crippen LogP contribution in [0, 0.1) is 5.92 Å². The van der Waals surface area contributed by atoms with E-state index in [1.165, 1.54) is 0 Å². The van der Waals surface area contributed by atoms with Gasteiger partial charge in [-0.1, -0.05) is 0 Å². The topological polar surface area (TPSA) is 60.9 Å². The van der Waals surface area contributed by atoms with E-state index in [0.29, 0.717) is 5.92 Å². The molecule has 1 aromatic heterocycles. The lowest BCUT2D eigenvalue weighted by Crippen LogP contribution is -2.43. The monoisotopic (exact) mass is 229 g/mol. The number of rotatable bonds is 3. The Labute approximate surface area is 99.7 Å². The first kappa shape index (κ1) is 10.4. The summed E-state index contributed by atoms with van der Waals surface area (Å²) in [5, 5.41) is 12.5.